The van der Waals surface area contributed by atoms with Crippen molar-refractivity contribution in [3.63, 3.8) is 0 Å². The van der Waals surface area contributed by atoms with Crippen molar-refractivity contribution in [2.75, 3.05) is 37.7 Å². The van der Waals surface area contributed by atoms with Crippen molar-refractivity contribution in [1.29, 1.82) is 0 Å². The van der Waals surface area contributed by atoms with Gasteiger partial charge in [0.15, 0.2) is 0 Å². The molecule has 0 radical (unpaired) electrons. The molecule has 1 aromatic rings. The van der Waals surface area contributed by atoms with Crippen LogP contribution in [0.1, 0.15) is 53.4 Å². The average molecular weight is 429 g/mol. The number of unbranched alkanes of at least 4 members (excludes halogenated alkanes) is 1. The van der Waals surface area contributed by atoms with Gasteiger partial charge >= 0.3 is 0 Å². The summed E-state index contributed by atoms with van der Waals surface area (Å²) >= 11 is 0. The Morgan fingerprint density at radius 1 is 1.10 bits per heavy atom. The zero-order valence-electron chi connectivity index (χ0n) is 19.3. The van der Waals surface area contributed by atoms with E-state index >= 15 is 0 Å². The lowest BCUT2D eigenvalue weighted by Gasteiger charge is -2.44. The molecule has 0 saturated carbocycles. The molecule has 3 amide bonds. The van der Waals surface area contributed by atoms with Crippen LogP contribution < -0.4 is 10.2 Å². The van der Waals surface area contributed by atoms with E-state index in [2.05, 4.69) is 17.1 Å². The number of anilines is 1. The summed E-state index contributed by atoms with van der Waals surface area (Å²) < 4.78 is 0. The number of para-hydroxylation sites is 1. The first kappa shape index (κ1) is 23.1. The summed E-state index contributed by atoms with van der Waals surface area (Å²) in [6.45, 7) is 10.0. The molecule has 1 spiro atoms. The number of nitrogens with one attached hydrogen (secondary N) is 1. The van der Waals surface area contributed by atoms with Crippen LogP contribution in [0.25, 0.3) is 0 Å². The molecule has 170 valence electrons. The standard InChI is InChI=1S/C24H36N4O3/c1-5-6-14-25-20(29)17-27-18-28(19-10-8-7-9-11-19)24(22(27)31)12-15-26(16-13-24)21(30)23(2,3)4/h7-11H,5-6,12-18H2,1-4H3,(H,25,29). The maximum absolute atomic E-state index is 13.6. The highest BCUT2D eigenvalue weighted by molar-refractivity contribution is 5.96. The third-order valence-electron chi connectivity index (χ3n) is 6.29. The minimum Gasteiger partial charge on any atom is -0.355 e. The minimum absolute atomic E-state index is 0.00940. The van der Waals surface area contributed by atoms with E-state index in [1.54, 1.807) is 4.90 Å². The maximum Gasteiger partial charge on any atom is 0.250 e. The van der Waals surface area contributed by atoms with Gasteiger partial charge in [0.1, 0.15) is 12.1 Å². The molecular formula is C24H36N4O3. The van der Waals surface area contributed by atoms with E-state index in [0.717, 1.165) is 18.5 Å². The van der Waals surface area contributed by atoms with Gasteiger partial charge in [-0.1, -0.05) is 52.3 Å². The Balaban J connectivity index is 1.79. The molecule has 0 aromatic heterocycles. The fraction of sp³-hybridized carbons (Fsp3) is 0.625. The zero-order valence-corrected chi connectivity index (χ0v) is 19.3. The quantitative estimate of drug-likeness (QED) is 0.707. The maximum atomic E-state index is 13.6. The highest BCUT2D eigenvalue weighted by Crippen LogP contribution is 2.40. The van der Waals surface area contributed by atoms with E-state index < -0.39 is 11.0 Å². The van der Waals surface area contributed by atoms with Crippen molar-refractivity contribution < 1.29 is 14.4 Å². The fourth-order valence-corrected chi connectivity index (χ4v) is 4.51. The van der Waals surface area contributed by atoms with Crippen LogP contribution in [0.5, 0.6) is 0 Å². The van der Waals surface area contributed by atoms with Gasteiger partial charge in [0.2, 0.25) is 11.8 Å². The van der Waals surface area contributed by atoms with Crippen molar-refractivity contribution >= 4 is 23.4 Å². The summed E-state index contributed by atoms with van der Waals surface area (Å²) in [7, 11) is 0. The lowest BCUT2D eigenvalue weighted by Crippen LogP contribution is -2.58. The second-order valence-corrected chi connectivity index (χ2v) is 9.69. The summed E-state index contributed by atoms with van der Waals surface area (Å²) in [5.41, 5.74) is -0.175. The van der Waals surface area contributed by atoms with Crippen molar-refractivity contribution in [2.24, 2.45) is 5.41 Å². The van der Waals surface area contributed by atoms with E-state index in [-0.39, 0.29) is 24.3 Å². The molecule has 31 heavy (non-hydrogen) atoms. The zero-order chi connectivity index (χ0) is 22.6. The molecule has 1 aromatic carbocycles. The summed E-state index contributed by atoms with van der Waals surface area (Å²) in [5, 5.41) is 2.91. The second kappa shape index (κ2) is 9.28. The molecule has 0 aliphatic carbocycles. The number of piperidine rings is 1. The Hall–Kier alpha value is -2.57. The molecule has 7 nitrogen and oxygen atoms in total. The van der Waals surface area contributed by atoms with E-state index in [4.69, 9.17) is 0 Å². The number of benzene rings is 1. The van der Waals surface area contributed by atoms with Gasteiger partial charge in [0, 0.05) is 30.7 Å². The smallest absolute Gasteiger partial charge is 0.250 e. The van der Waals surface area contributed by atoms with Gasteiger partial charge in [-0.05, 0) is 31.4 Å². The van der Waals surface area contributed by atoms with Crippen LogP contribution in [0.3, 0.4) is 0 Å². The summed E-state index contributed by atoms with van der Waals surface area (Å²) in [5.74, 6) is -0.0109. The van der Waals surface area contributed by atoms with Crippen molar-refractivity contribution in [3.8, 4) is 0 Å². The lowest BCUT2D eigenvalue weighted by atomic mass is 9.84. The number of amides is 3. The van der Waals surface area contributed by atoms with Crippen LogP contribution in [-0.2, 0) is 14.4 Å². The van der Waals surface area contributed by atoms with Gasteiger partial charge in [-0.2, -0.15) is 0 Å². The normalized spacial score (nSPS) is 18.6. The average Bonchev–Trinajstić information content (AvgIpc) is 3.00. The molecular weight excluding hydrogens is 392 g/mol. The van der Waals surface area contributed by atoms with E-state index in [1.165, 1.54) is 0 Å². The van der Waals surface area contributed by atoms with Crippen LogP contribution in [0.4, 0.5) is 5.69 Å². The highest BCUT2D eigenvalue weighted by atomic mass is 16.2. The third kappa shape index (κ3) is 4.86. The first-order valence-electron chi connectivity index (χ1n) is 11.4. The van der Waals surface area contributed by atoms with Crippen LogP contribution in [0.15, 0.2) is 30.3 Å². The Kier molecular flexibility index (Phi) is 6.92. The largest absolute Gasteiger partial charge is 0.355 e. The predicted octanol–water partition coefficient (Wildman–Crippen LogP) is 2.62. The Morgan fingerprint density at radius 3 is 2.32 bits per heavy atom. The molecule has 1 N–H and O–H groups in total. The number of nitrogens with zero attached hydrogens (tertiary/aromatic N) is 3. The second-order valence-electron chi connectivity index (χ2n) is 9.69. The molecule has 2 heterocycles. The highest BCUT2D eigenvalue weighted by Gasteiger charge is 2.54. The van der Waals surface area contributed by atoms with E-state index in [9.17, 15) is 14.4 Å². The molecule has 0 bridgehead atoms. The third-order valence-corrected chi connectivity index (χ3v) is 6.29. The number of hydrogen-bond acceptors (Lipinski definition) is 4. The monoisotopic (exact) mass is 428 g/mol. The number of likely N-dealkylation sites (tertiary alicyclic amines) is 1. The molecule has 0 atom stereocenters. The Morgan fingerprint density at radius 2 is 1.74 bits per heavy atom. The molecule has 2 aliphatic heterocycles. The SMILES string of the molecule is CCCCNC(=O)CN1CN(c2ccccc2)C2(CCN(C(=O)C(C)(C)C)CC2)C1=O. The molecule has 3 rings (SSSR count). The van der Waals surface area contributed by atoms with Gasteiger partial charge in [-0.3, -0.25) is 14.4 Å². The van der Waals surface area contributed by atoms with Crippen molar-refractivity contribution in [1.82, 2.24) is 15.1 Å². The summed E-state index contributed by atoms with van der Waals surface area (Å²) in [6.07, 6.45) is 3.07. The van der Waals surface area contributed by atoms with Crippen LogP contribution in [0.2, 0.25) is 0 Å². The molecule has 7 heteroatoms. The minimum atomic E-state index is -0.709. The van der Waals surface area contributed by atoms with Gasteiger partial charge in [-0.25, -0.2) is 0 Å². The van der Waals surface area contributed by atoms with Crippen molar-refractivity contribution in [2.45, 2.75) is 58.9 Å². The summed E-state index contributed by atoms with van der Waals surface area (Å²) in [6, 6.07) is 9.90. The Labute approximate surface area is 185 Å². The molecule has 2 fully saturated rings. The topological polar surface area (TPSA) is 73.0 Å². The van der Waals surface area contributed by atoms with Gasteiger partial charge in [0.25, 0.3) is 5.91 Å². The molecule has 2 saturated heterocycles. The number of carbonyl (C=O) groups excluding carboxylic acids is 3. The Bertz CT molecular complexity index is 795. The molecule has 2 aliphatic rings. The van der Waals surface area contributed by atoms with Gasteiger partial charge in [-0.15, -0.1) is 0 Å². The summed E-state index contributed by atoms with van der Waals surface area (Å²) in [4.78, 5) is 44.4. The molecule has 0 unspecified atom stereocenters. The van der Waals surface area contributed by atoms with E-state index in [0.29, 0.717) is 39.1 Å². The van der Waals surface area contributed by atoms with Gasteiger partial charge < -0.3 is 20.0 Å². The van der Waals surface area contributed by atoms with Gasteiger partial charge in [0.05, 0.1) is 6.67 Å². The first-order valence-corrected chi connectivity index (χ1v) is 11.4. The van der Waals surface area contributed by atoms with E-state index in [1.807, 2.05) is 56.0 Å². The van der Waals surface area contributed by atoms with Crippen LogP contribution in [0, 0.1) is 5.41 Å². The van der Waals surface area contributed by atoms with Crippen molar-refractivity contribution in [3.05, 3.63) is 30.3 Å². The number of carbonyl (C=O) groups is 3. The lowest BCUT2D eigenvalue weighted by molar-refractivity contribution is -0.144. The first-order chi connectivity index (χ1) is 14.7. The van der Waals surface area contributed by atoms with Crippen LogP contribution >= 0.6 is 0 Å². The number of rotatable bonds is 6. The van der Waals surface area contributed by atoms with Crippen LogP contribution in [-0.4, -0.2) is 65.9 Å². The number of hydrogen-bond donors (Lipinski definition) is 1. The fourth-order valence-electron chi connectivity index (χ4n) is 4.51. The predicted molar refractivity (Wildman–Crippen MR) is 121 cm³/mol.